The van der Waals surface area contributed by atoms with Crippen LogP contribution in [0.5, 0.6) is 0 Å². The fourth-order valence-electron chi connectivity index (χ4n) is 5.05. The van der Waals surface area contributed by atoms with E-state index in [-0.39, 0.29) is 5.92 Å². The number of fused-ring (bicyclic) bond motifs is 1. The number of sulfone groups is 1. The second-order valence-electron chi connectivity index (χ2n) is 9.17. The summed E-state index contributed by atoms with van der Waals surface area (Å²) >= 11 is 0. The van der Waals surface area contributed by atoms with E-state index in [4.69, 9.17) is 4.42 Å². The minimum Gasteiger partial charge on any atom is -0.472 e. The summed E-state index contributed by atoms with van der Waals surface area (Å²) in [4.78, 5) is 17.8. The highest BCUT2D eigenvalue weighted by atomic mass is 32.2. The maximum Gasteiger partial charge on any atom is 0.225 e. The highest BCUT2D eigenvalue weighted by molar-refractivity contribution is 7.90. The fourth-order valence-corrected chi connectivity index (χ4v) is 5.70. The Morgan fingerprint density at radius 1 is 1.09 bits per heavy atom. The third kappa shape index (κ3) is 4.23. The van der Waals surface area contributed by atoms with Crippen LogP contribution in [-0.2, 0) is 21.2 Å². The van der Waals surface area contributed by atoms with Crippen molar-refractivity contribution in [2.75, 3.05) is 32.4 Å². The van der Waals surface area contributed by atoms with E-state index in [0.717, 1.165) is 69.4 Å². The molecule has 1 amide bonds. The summed E-state index contributed by atoms with van der Waals surface area (Å²) in [5.41, 5.74) is 3.08. The van der Waals surface area contributed by atoms with Crippen molar-refractivity contribution in [3.63, 3.8) is 0 Å². The van der Waals surface area contributed by atoms with Gasteiger partial charge in [-0.2, -0.15) is 0 Å². The molecule has 2 aliphatic heterocycles. The Labute approximate surface area is 188 Å². The molecule has 4 heterocycles. The van der Waals surface area contributed by atoms with Crippen molar-refractivity contribution in [3.8, 4) is 0 Å². The Kier molecular flexibility index (Phi) is 5.63. The van der Waals surface area contributed by atoms with Crippen molar-refractivity contribution in [1.82, 2.24) is 19.6 Å². The molecule has 2 aromatic heterocycles. The molecule has 2 aliphatic rings. The van der Waals surface area contributed by atoms with Gasteiger partial charge < -0.3 is 9.32 Å². The average Bonchev–Trinajstić information content (AvgIpc) is 3.27. The van der Waals surface area contributed by atoms with Crippen LogP contribution in [-0.4, -0.2) is 66.3 Å². The van der Waals surface area contributed by atoms with Gasteiger partial charge in [0.15, 0.2) is 9.84 Å². The molecule has 2 saturated heterocycles. The van der Waals surface area contributed by atoms with E-state index in [9.17, 15) is 13.2 Å². The van der Waals surface area contributed by atoms with Gasteiger partial charge in [-0.1, -0.05) is 0 Å². The standard InChI is InChI=1S/C23H30N4O4S/c1-32(29,30)20-2-3-22-21(14-20)24-27(22)19-6-11-26(12-7-19)23(28)18-4-9-25(10-5-18)15-17-8-13-31-16-17/h2-3,8,13-14,16,18-19,24H,4-7,9-12,15H2,1H3. The monoisotopic (exact) mass is 458 g/mol. The van der Waals surface area contributed by atoms with E-state index >= 15 is 0 Å². The first-order valence-corrected chi connectivity index (χ1v) is 13.2. The zero-order chi connectivity index (χ0) is 22.3. The zero-order valence-corrected chi connectivity index (χ0v) is 19.2. The molecule has 9 heteroatoms. The SMILES string of the molecule is CS(=O)(=O)c1ccc2c(c1)[nH]n2C1CCN(C(=O)C2CCN(Cc3ccoc3)CC2)CC1. The summed E-state index contributed by atoms with van der Waals surface area (Å²) < 4.78 is 30.7. The molecule has 0 bridgehead atoms. The molecule has 3 aromatic rings. The van der Waals surface area contributed by atoms with Gasteiger partial charge in [0.1, 0.15) is 0 Å². The van der Waals surface area contributed by atoms with Crippen LogP contribution in [0, 0.1) is 5.92 Å². The number of aromatic nitrogens is 2. The van der Waals surface area contributed by atoms with Gasteiger partial charge in [-0.05, 0) is 63.0 Å². The minimum absolute atomic E-state index is 0.129. The van der Waals surface area contributed by atoms with Crippen LogP contribution in [0.1, 0.15) is 37.3 Å². The number of furan rings is 1. The number of amides is 1. The summed E-state index contributed by atoms with van der Waals surface area (Å²) in [6.45, 7) is 4.32. The highest BCUT2D eigenvalue weighted by Crippen LogP contribution is 2.30. The number of hydrogen-bond donors (Lipinski definition) is 1. The number of nitrogens with one attached hydrogen (secondary N) is 1. The topological polar surface area (TPSA) is 91.5 Å². The quantitative estimate of drug-likeness (QED) is 0.635. The van der Waals surface area contributed by atoms with E-state index in [1.165, 1.54) is 11.8 Å². The number of hydrogen-bond acceptors (Lipinski definition) is 5. The third-order valence-corrected chi connectivity index (χ3v) is 8.07. The second-order valence-corrected chi connectivity index (χ2v) is 11.2. The van der Waals surface area contributed by atoms with Crippen molar-refractivity contribution in [2.24, 2.45) is 5.92 Å². The van der Waals surface area contributed by atoms with Gasteiger partial charge in [-0.25, -0.2) is 8.42 Å². The Hall–Kier alpha value is -2.52. The smallest absolute Gasteiger partial charge is 0.225 e. The molecule has 0 atom stereocenters. The molecule has 1 aromatic carbocycles. The third-order valence-electron chi connectivity index (χ3n) is 6.96. The summed E-state index contributed by atoms with van der Waals surface area (Å²) in [5.74, 6) is 0.436. The molecule has 0 radical (unpaired) electrons. The van der Waals surface area contributed by atoms with E-state index in [1.807, 2.05) is 17.0 Å². The average molecular weight is 459 g/mol. The van der Waals surface area contributed by atoms with Gasteiger partial charge in [0.25, 0.3) is 0 Å². The summed E-state index contributed by atoms with van der Waals surface area (Å²) in [6.07, 6.45) is 8.37. The predicted molar refractivity (Wildman–Crippen MR) is 121 cm³/mol. The van der Waals surface area contributed by atoms with Gasteiger partial charge in [-0.15, -0.1) is 0 Å². The van der Waals surface area contributed by atoms with Gasteiger partial charge in [0.2, 0.25) is 5.91 Å². The number of likely N-dealkylation sites (tertiary alicyclic amines) is 2. The van der Waals surface area contributed by atoms with Gasteiger partial charge in [0.05, 0.1) is 34.5 Å². The largest absolute Gasteiger partial charge is 0.472 e. The lowest BCUT2D eigenvalue weighted by Crippen LogP contribution is -2.45. The van der Waals surface area contributed by atoms with Gasteiger partial charge in [0, 0.05) is 37.4 Å². The molecule has 8 nitrogen and oxygen atoms in total. The first-order valence-electron chi connectivity index (χ1n) is 11.3. The normalized spacial score (nSPS) is 19.7. The Bertz CT molecular complexity index is 1180. The van der Waals surface area contributed by atoms with E-state index in [2.05, 4.69) is 14.7 Å². The van der Waals surface area contributed by atoms with Crippen LogP contribution in [0.25, 0.3) is 11.0 Å². The Morgan fingerprint density at radius 2 is 1.84 bits per heavy atom. The number of carbonyl (C=O) groups excluding carboxylic acids is 1. The highest BCUT2D eigenvalue weighted by Gasteiger charge is 2.32. The molecule has 0 aliphatic carbocycles. The predicted octanol–water partition coefficient (Wildman–Crippen LogP) is 3.04. The first-order chi connectivity index (χ1) is 15.4. The summed E-state index contributed by atoms with van der Waals surface area (Å²) in [7, 11) is -3.20. The molecule has 0 saturated carbocycles. The molecule has 2 fully saturated rings. The Balaban J connectivity index is 1.13. The van der Waals surface area contributed by atoms with Crippen molar-refractivity contribution in [1.29, 1.82) is 0 Å². The molecule has 0 unspecified atom stereocenters. The molecule has 0 spiro atoms. The van der Waals surface area contributed by atoms with Gasteiger partial charge >= 0.3 is 0 Å². The van der Waals surface area contributed by atoms with Crippen molar-refractivity contribution in [2.45, 2.75) is 43.2 Å². The summed E-state index contributed by atoms with van der Waals surface area (Å²) in [5, 5.41) is 3.29. The minimum atomic E-state index is -3.20. The van der Waals surface area contributed by atoms with Crippen LogP contribution in [0.3, 0.4) is 0 Å². The number of nitrogens with zero attached hydrogens (tertiary/aromatic N) is 3. The van der Waals surface area contributed by atoms with Crippen LogP contribution in [0.2, 0.25) is 0 Å². The second kappa shape index (κ2) is 8.44. The molecule has 5 rings (SSSR count). The maximum atomic E-state index is 13.1. The number of aromatic amines is 1. The van der Waals surface area contributed by atoms with Crippen LogP contribution in [0.15, 0.2) is 46.1 Å². The van der Waals surface area contributed by atoms with Crippen LogP contribution < -0.4 is 0 Å². The molecule has 1 N–H and O–H groups in total. The van der Waals surface area contributed by atoms with Crippen molar-refractivity contribution < 1.29 is 17.6 Å². The molecular weight excluding hydrogens is 428 g/mol. The molecule has 32 heavy (non-hydrogen) atoms. The molecular formula is C23H30N4O4S. The number of H-pyrrole nitrogens is 1. The lowest BCUT2D eigenvalue weighted by Gasteiger charge is -2.38. The van der Waals surface area contributed by atoms with E-state index in [0.29, 0.717) is 16.8 Å². The number of benzene rings is 1. The van der Waals surface area contributed by atoms with Gasteiger partial charge in [-0.3, -0.25) is 19.5 Å². The number of carbonyl (C=O) groups is 1. The number of rotatable bonds is 5. The number of piperidine rings is 2. The maximum absolute atomic E-state index is 13.1. The Morgan fingerprint density at radius 3 is 2.47 bits per heavy atom. The van der Waals surface area contributed by atoms with Crippen LogP contribution in [0.4, 0.5) is 0 Å². The first kappa shape index (κ1) is 21.3. The summed E-state index contributed by atoms with van der Waals surface area (Å²) in [6, 6.07) is 7.54. The van der Waals surface area contributed by atoms with Crippen LogP contribution >= 0.6 is 0 Å². The van der Waals surface area contributed by atoms with E-state index in [1.54, 1.807) is 24.7 Å². The molecule has 172 valence electrons. The fraction of sp³-hybridized carbons (Fsp3) is 0.522. The zero-order valence-electron chi connectivity index (χ0n) is 18.4. The lowest BCUT2D eigenvalue weighted by atomic mass is 9.93. The van der Waals surface area contributed by atoms with Crippen molar-refractivity contribution in [3.05, 3.63) is 42.4 Å². The van der Waals surface area contributed by atoms with Crippen molar-refractivity contribution >= 4 is 26.8 Å². The van der Waals surface area contributed by atoms with E-state index < -0.39 is 9.84 Å². The lowest BCUT2D eigenvalue weighted by molar-refractivity contribution is -0.138.